The minimum absolute atomic E-state index is 0.0794. The van der Waals surface area contributed by atoms with Gasteiger partial charge in [0.15, 0.2) is 11.6 Å². The summed E-state index contributed by atoms with van der Waals surface area (Å²) >= 11 is 1.91. The van der Waals surface area contributed by atoms with E-state index in [2.05, 4.69) is 87.7 Å². The first-order valence-electron chi connectivity index (χ1n) is 15.1. The van der Waals surface area contributed by atoms with Gasteiger partial charge in [0.05, 0.1) is 38.2 Å². The van der Waals surface area contributed by atoms with Gasteiger partial charge in [-0.1, -0.05) is 91.0 Å². The van der Waals surface area contributed by atoms with E-state index >= 15 is 0 Å². The first-order valence-corrected chi connectivity index (χ1v) is 16.0. The number of halogens is 2. The second-order valence-electron chi connectivity index (χ2n) is 11.1. The van der Waals surface area contributed by atoms with Gasteiger partial charge in [0.2, 0.25) is 0 Å². The summed E-state index contributed by atoms with van der Waals surface area (Å²) in [5, 5.41) is 0.144. The molecule has 0 bridgehead atoms. The van der Waals surface area contributed by atoms with Crippen LogP contribution < -0.4 is 14.4 Å². The third-order valence-electron chi connectivity index (χ3n) is 8.24. The lowest BCUT2D eigenvalue weighted by Crippen LogP contribution is -2.34. The monoisotopic (exact) mass is 639 g/mol. The Morgan fingerprint density at radius 2 is 1.41 bits per heavy atom. The van der Waals surface area contributed by atoms with Gasteiger partial charge in [0.1, 0.15) is 11.6 Å². The van der Waals surface area contributed by atoms with Gasteiger partial charge in [-0.15, -0.1) is 11.8 Å². The molecule has 1 aliphatic rings. The Morgan fingerprint density at radius 1 is 0.804 bits per heavy atom. The van der Waals surface area contributed by atoms with Crippen LogP contribution in [-0.4, -0.2) is 48.6 Å². The predicted octanol–water partition coefficient (Wildman–Crippen LogP) is 7.66. The van der Waals surface area contributed by atoms with Gasteiger partial charge in [0.25, 0.3) is 0 Å². The molecule has 1 aromatic heterocycles. The molecule has 1 aliphatic heterocycles. The summed E-state index contributed by atoms with van der Waals surface area (Å²) in [5.41, 5.74) is 3.69. The molecule has 0 N–H and O–H groups in total. The largest absolute Gasteiger partial charge is 0.494 e. The average molecular weight is 640 g/mol. The molecule has 6 rings (SSSR count). The van der Waals surface area contributed by atoms with Crippen molar-refractivity contribution in [3.8, 4) is 11.8 Å². The van der Waals surface area contributed by atoms with Crippen LogP contribution in [0.25, 0.3) is 0 Å². The van der Waals surface area contributed by atoms with Crippen LogP contribution >= 0.6 is 11.8 Å². The number of thioether (sulfide) groups is 1. The van der Waals surface area contributed by atoms with Crippen molar-refractivity contribution in [2.45, 2.75) is 29.1 Å². The Labute approximate surface area is 272 Å². The average Bonchev–Trinajstić information content (AvgIpc) is 3.52. The zero-order valence-corrected chi connectivity index (χ0v) is 26.5. The Morgan fingerprint density at radius 3 is 1.98 bits per heavy atom. The highest BCUT2D eigenvalue weighted by Gasteiger charge is 2.43. The van der Waals surface area contributed by atoms with Gasteiger partial charge in [-0.05, 0) is 35.2 Å². The topological polar surface area (TPSA) is 56.7 Å². The van der Waals surface area contributed by atoms with Crippen molar-refractivity contribution in [2.75, 3.05) is 32.3 Å². The third kappa shape index (κ3) is 6.57. The lowest BCUT2D eigenvalue weighted by atomic mass is 9.84. The summed E-state index contributed by atoms with van der Waals surface area (Å²) in [5.74, 6) is -0.628. The molecule has 5 aromatic rings. The standard InChI is InChI=1S/C37H35F2N3O3S/c1-43-34-22-32(38)26(20-33(34)39)24-45-25-30-21-31(23-42(30)35-18-19-40-36(41-35)44-2)46-37(27-12-6-3-7-13-27,28-14-8-4-9-15-28)29-16-10-5-11-17-29/h3-20,22,30-31H,21,23-25H2,1-2H3/t30-,31+/m0/s1. The molecule has 0 amide bonds. The molecule has 9 heteroatoms. The van der Waals surface area contributed by atoms with Gasteiger partial charge >= 0.3 is 6.01 Å². The molecule has 1 fully saturated rings. The van der Waals surface area contributed by atoms with Gasteiger partial charge < -0.3 is 19.1 Å². The molecule has 2 atom stereocenters. The molecule has 0 spiro atoms. The Bertz CT molecular complexity index is 1630. The van der Waals surface area contributed by atoms with Crippen molar-refractivity contribution in [1.82, 2.24) is 9.97 Å². The summed E-state index contributed by atoms with van der Waals surface area (Å²) in [7, 11) is 2.85. The van der Waals surface area contributed by atoms with Crippen molar-refractivity contribution >= 4 is 17.6 Å². The van der Waals surface area contributed by atoms with Crippen molar-refractivity contribution in [1.29, 1.82) is 0 Å². The molecule has 0 unspecified atom stereocenters. The highest BCUT2D eigenvalue weighted by atomic mass is 32.2. The van der Waals surface area contributed by atoms with Crippen LogP contribution in [0.4, 0.5) is 14.6 Å². The van der Waals surface area contributed by atoms with Crippen LogP contribution in [0.3, 0.4) is 0 Å². The Balaban J connectivity index is 1.33. The fraction of sp³-hybridized carbons (Fsp3) is 0.243. The minimum Gasteiger partial charge on any atom is -0.494 e. The van der Waals surface area contributed by atoms with E-state index in [1.165, 1.54) is 23.8 Å². The number of anilines is 1. The van der Waals surface area contributed by atoms with E-state index in [1.54, 1.807) is 13.3 Å². The van der Waals surface area contributed by atoms with Crippen molar-refractivity contribution < 1.29 is 23.0 Å². The van der Waals surface area contributed by atoms with E-state index < -0.39 is 16.4 Å². The SMILES string of the molecule is COc1nccc(N2C[C@H](SC(c3ccccc3)(c3ccccc3)c3ccccc3)C[C@H]2COCc2cc(F)c(OC)cc2F)n1. The van der Waals surface area contributed by atoms with Crippen LogP contribution in [0, 0.1) is 11.6 Å². The lowest BCUT2D eigenvalue weighted by Gasteiger charge is -2.37. The summed E-state index contributed by atoms with van der Waals surface area (Å²) < 4.78 is 44.9. The van der Waals surface area contributed by atoms with E-state index in [9.17, 15) is 8.78 Å². The number of benzene rings is 4. The zero-order valence-electron chi connectivity index (χ0n) is 25.7. The highest BCUT2D eigenvalue weighted by molar-refractivity contribution is 8.01. The summed E-state index contributed by atoms with van der Waals surface area (Å²) in [6, 6.07) is 36.0. The first kappa shape index (κ1) is 31.5. The minimum atomic E-state index is -0.631. The first-order chi connectivity index (χ1) is 22.5. The van der Waals surface area contributed by atoms with Crippen LogP contribution in [0.5, 0.6) is 11.8 Å². The van der Waals surface area contributed by atoms with Crippen molar-refractivity contribution in [3.63, 3.8) is 0 Å². The lowest BCUT2D eigenvalue weighted by molar-refractivity contribution is 0.106. The maximum absolute atomic E-state index is 14.7. The van der Waals surface area contributed by atoms with Crippen molar-refractivity contribution in [3.05, 3.63) is 149 Å². The highest BCUT2D eigenvalue weighted by Crippen LogP contribution is 2.52. The van der Waals surface area contributed by atoms with E-state index in [1.807, 2.05) is 36.0 Å². The molecule has 4 aromatic carbocycles. The van der Waals surface area contributed by atoms with Crippen LogP contribution in [0.15, 0.2) is 115 Å². The number of aromatic nitrogens is 2. The van der Waals surface area contributed by atoms with E-state index in [4.69, 9.17) is 14.2 Å². The summed E-state index contributed by atoms with van der Waals surface area (Å²) in [6.07, 6.45) is 2.45. The van der Waals surface area contributed by atoms with Gasteiger partial charge in [0, 0.05) is 29.6 Å². The maximum atomic E-state index is 14.7. The number of rotatable bonds is 12. The molecule has 0 aliphatic carbocycles. The number of hydrogen-bond donors (Lipinski definition) is 0. The number of methoxy groups -OCH3 is 2. The third-order valence-corrected chi connectivity index (χ3v) is 9.98. The molecule has 6 nitrogen and oxygen atoms in total. The van der Waals surface area contributed by atoms with Crippen LogP contribution in [-0.2, 0) is 16.1 Å². The molecule has 236 valence electrons. The van der Waals surface area contributed by atoms with Gasteiger partial charge in [-0.2, -0.15) is 4.98 Å². The quantitative estimate of drug-likeness (QED) is 0.130. The number of hydrogen-bond acceptors (Lipinski definition) is 7. The van der Waals surface area contributed by atoms with E-state index in [0.29, 0.717) is 6.54 Å². The zero-order chi connectivity index (χ0) is 31.9. The van der Waals surface area contributed by atoms with Gasteiger partial charge in [-0.25, -0.2) is 13.8 Å². The van der Waals surface area contributed by atoms with Gasteiger partial charge in [-0.3, -0.25) is 0 Å². The Kier molecular flexibility index (Phi) is 9.80. The second-order valence-corrected chi connectivity index (χ2v) is 12.6. The summed E-state index contributed by atoms with van der Waals surface area (Å²) in [4.78, 5) is 11.1. The van der Waals surface area contributed by atoms with E-state index in [-0.39, 0.29) is 41.8 Å². The van der Waals surface area contributed by atoms with Crippen molar-refractivity contribution in [2.24, 2.45) is 0 Å². The molecule has 1 saturated heterocycles. The fourth-order valence-electron chi connectivity index (χ4n) is 6.10. The molecular weight excluding hydrogens is 604 g/mol. The van der Waals surface area contributed by atoms with Crippen LogP contribution in [0.1, 0.15) is 28.7 Å². The maximum Gasteiger partial charge on any atom is 0.318 e. The molecular formula is C37H35F2N3O3S. The van der Waals surface area contributed by atoms with E-state index in [0.717, 1.165) is 24.4 Å². The van der Waals surface area contributed by atoms with Crippen LogP contribution in [0.2, 0.25) is 0 Å². The normalized spacial score (nSPS) is 16.4. The Hall–Kier alpha value is -4.47. The number of ether oxygens (including phenoxy) is 3. The smallest absolute Gasteiger partial charge is 0.318 e. The molecule has 0 radical (unpaired) electrons. The summed E-state index contributed by atoms with van der Waals surface area (Å²) in [6.45, 7) is 0.883. The fourth-order valence-corrected chi connectivity index (χ4v) is 7.97. The predicted molar refractivity (Wildman–Crippen MR) is 177 cm³/mol. The second kappa shape index (κ2) is 14.3. The molecule has 46 heavy (non-hydrogen) atoms. The molecule has 0 saturated carbocycles. The number of nitrogens with zero attached hydrogens (tertiary/aromatic N) is 3. The molecule has 2 heterocycles.